The maximum absolute atomic E-state index is 12.8. The molecular weight excluding hydrogens is 454 g/mol. The summed E-state index contributed by atoms with van der Waals surface area (Å²) < 4.78 is 7.10. The van der Waals surface area contributed by atoms with E-state index in [0.29, 0.717) is 11.6 Å². The number of rotatable bonds is 5. The predicted molar refractivity (Wildman–Crippen MR) is 132 cm³/mol. The van der Waals surface area contributed by atoms with Crippen molar-refractivity contribution in [3.63, 3.8) is 0 Å². The molecule has 2 N–H and O–H groups in total. The number of aromatic nitrogens is 2. The summed E-state index contributed by atoms with van der Waals surface area (Å²) in [6.45, 7) is 8.76. The van der Waals surface area contributed by atoms with Gasteiger partial charge in [0.2, 0.25) is 0 Å². The average molecular weight is 484 g/mol. The highest BCUT2D eigenvalue weighted by atomic mass is 35.5. The molecule has 1 aliphatic rings. The minimum absolute atomic E-state index is 0.00835. The highest BCUT2D eigenvalue weighted by Crippen LogP contribution is 2.24. The fraction of sp³-hybridized carbons (Fsp3) is 0.320. The van der Waals surface area contributed by atoms with Crippen molar-refractivity contribution in [1.29, 1.82) is 0 Å². The molecule has 0 spiro atoms. The van der Waals surface area contributed by atoms with Crippen molar-refractivity contribution in [2.75, 3.05) is 19.6 Å². The van der Waals surface area contributed by atoms with Gasteiger partial charge in [0.15, 0.2) is 5.69 Å². The molecule has 180 valence electrons. The Hall–Kier alpha value is -3.36. The van der Waals surface area contributed by atoms with Crippen LogP contribution in [0.15, 0.2) is 60.8 Å². The molecule has 0 bridgehead atoms. The average Bonchev–Trinajstić information content (AvgIpc) is 3.33. The van der Waals surface area contributed by atoms with Crippen molar-refractivity contribution in [2.24, 2.45) is 5.73 Å². The van der Waals surface area contributed by atoms with Crippen molar-refractivity contribution < 1.29 is 14.3 Å². The Kier molecular flexibility index (Phi) is 8.67. The molecule has 1 fully saturated rings. The molecule has 9 heteroatoms. The zero-order valence-corrected chi connectivity index (χ0v) is 20.4. The lowest BCUT2D eigenvalue weighted by Gasteiger charge is -2.39. The van der Waals surface area contributed by atoms with E-state index < -0.39 is 5.91 Å². The Balaban J connectivity index is 0.00000158. The summed E-state index contributed by atoms with van der Waals surface area (Å²) in [5.41, 5.74) is 6.42. The zero-order valence-electron chi connectivity index (χ0n) is 19.6. The summed E-state index contributed by atoms with van der Waals surface area (Å²) in [4.78, 5) is 28.1. The Labute approximate surface area is 204 Å². The van der Waals surface area contributed by atoms with Crippen LogP contribution in [0, 0.1) is 0 Å². The molecule has 2 amide bonds. The predicted octanol–water partition coefficient (Wildman–Crippen LogP) is 4.63. The number of hydrogen-bond acceptors (Lipinski definition) is 5. The van der Waals surface area contributed by atoms with Gasteiger partial charge in [-0.2, -0.15) is 9.78 Å². The van der Waals surface area contributed by atoms with Crippen LogP contribution >= 0.6 is 11.6 Å². The highest BCUT2D eigenvalue weighted by molar-refractivity contribution is 6.30. The molecule has 0 radical (unpaired) electrons. The third-order valence-corrected chi connectivity index (χ3v) is 5.60. The Morgan fingerprint density at radius 3 is 2.47 bits per heavy atom. The van der Waals surface area contributed by atoms with Crippen LogP contribution in [0.2, 0.25) is 5.02 Å². The minimum atomic E-state index is -0.656. The van der Waals surface area contributed by atoms with Crippen molar-refractivity contribution in [3.8, 4) is 11.5 Å². The van der Waals surface area contributed by atoms with Crippen molar-refractivity contribution in [2.45, 2.75) is 33.4 Å². The third kappa shape index (κ3) is 6.36. The monoisotopic (exact) mass is 483 g/mol. The largest absolute Gasteiger partial charge is 0.457 e. The normalized spacial score (nSPS) is 15.9. The number of ether oxygens (including phenoxy) is 1. The second kappa shape index (κ2) is 11.7. The molecule has 2 aromatic carbocycles. The van der Waals surface area contributed by atoms with E-state index in [1.807, 2.05) is 51.1 Å². The standard InChI is InChI=1S/C23H24ClN5O3.C2H6/c1-16-14-27(11-12-28(16)23(31)29-10-9-21(26-29)22(25)30)15-17-3-2-4-20(13-17)32-19-7-5-18(24)6-8-19;1-2/h2-10,13,16H,11-12,14-15H2,1H3,(H2,25,30);1-2H3. The molecule has 2 heterocycles. The van der Waals surface area contributed by atoms with E-state index in [1.165, 1.54) is 16.9 Å². The molecule has 4 rings (SSSR count). The number of primary amides is 1. The fourth-order valence-corrected chi connectivity index (χ4v) is 3.88. The van der Waals surface area contributed by atoms with E-state index in [0.717, 1.165) is 36.7 Å². The van der Waals surface area contributed by atoms with Gasteiger partial charge in [0.05, 0.1) is 0 Å². The van der Waals surface area contributed by atoms with Gasteiger partial charge in [0.25, 0.3) is 5.91 Å². The molecule has 8 nitrogen and oxygen atoms in total. The van der Waals surface area contributed by atoms with Crippen LogP contribution in [-0.2, 0) is 6.54 Å². The SMILES string of the molecule is CC.CC1CN(Cc2cccc(Oc3ccc(Cl)cc3)c2)CCN1C(=O)n1ccc(C(N)=O)n1. The summed E-state index contributed by atoms with van der Waals surface area (Å²) in [7, 11) is 0. The topological polar surface area (TPSA) is 93.7 Å². The summed E-state index contributed by atoms with van der Waals surface area (Å²) in [5, 5.41) is 4.64. The molecular formula is C25H30ClN5O3. The first-order valence-corrected chi connectivity index (χ1v) is 11.7. The number of benzene rings is 2. The quantitative estimate of drug-likeness (QED) is 0.571. The number of nitrogens with two attached hydrogens (primary N) is 1. The maximum atomic E-state index is 12.8. The second-order valence-corrected chi connectivity index (χ2v) is 8.21. The van der Waals surface area contributed by atoms with Gasteiger partial charge >= 0.3 is 6.03 Å². The Morgan fingerprint density at radius 2 is 1.82 bits per heavy atom. The summed E-state index contributed by atoms with van der Waals surface area (Å²) >= 11 is 5.93. The lowest BCUT2D eigenvalue weighted by Crippen LogP contribution is -2.54. The molecule has 1 saturated heterocycles. The number of nitrogens with zero attached hydrogens (tertiary/aromatic N) is 4. The van der Waals surface area contributed by atoms with Gasteiger partial charge < -0.3 is 15.4 Å². The minimum Gasteiger partial charge on any atom is -0.457 e. The zero-order chi connectivity index (χ0) is 24.7. The van der Waals surface area contributed by atoms with Crippen LogP contribution in [0.1, 0.15) is 36.8 Å². The summed E-state index contributed by atoms with van der Waals surface area (Å²) in [6.07, 6.45) is 1.47. The number of amides is 2. The van der Waals surface area contributed by atoms with E-state index in [-0.39, 0.29) is 17.8 Å². The highest BCUT2D eigenvalue weighted by Gasteiger charge is 2.29. The number of hydrogen-bond donors (Lipinski definition) is 1. The van der Waals surface area contributed by atoms with Crippen molar-refractivity contribution >= 4 is 23.5 Å². The first-order valence-electron chi connectivity index (χ1n) is 11.3. The molecule has 1 aliphatic heterocycles. The van der Waals surface area contributed by atoms with Gasteiger partial charge in [-0.15, -0.1) is 0 Å². The number of carbonyl (C=O) groups is 2. The molecule has 1 unspecified atom stereocenters. The Morgan fingerprint density at radius 1 is 1.09 bits per heavy atom. The van der Waals surface area contributed by atoms with Crippen LogP contribution in [0.3, 0.4) is 0 Å². The van der Waals surface area contributed by atoms with Gasteiger partial charge in [-0.05, 0) is 55.0 Å². The van der Waals surface area contributed by atoms with Crippen LogP contribution < -0.4 is 10.5 Å². The van der Waals surface area contributed by atoms with Gasteiger partial charge in [-0.3, -0.25) is 9.69 Å². The number of carbonyl (C=O) groups excluding carboxylic acids is 2. The van der Waals surface area contributed by atoms with Gasteiger partial charge in [0.1, 0.15) is 11.5 Å². The molecule has 3 aromatic rings. The molecule has 34 heavy (non-hydrogen) atoms. The van der Waals surface area contributed by atoms with Gasteiger partial charge in [0, 0.05) is 43.4 Å². The lowest BCUT2D eigenvalue weighted by atomic mass is 10.1. The van der Waals surface area contributed by atoms with Crippen LogP contribution in [0.25, 0.3) is 0 Å². The van der Waals surface area contributed by atoms with Gasteiger partial charge in [-0.25, -0.2) is 4.79 Å². The second-order valence-electron chi connectivity index (χ2n) is 7.77. The van der Waals surface area contributed by atoms with E-state index in [9.17, 15) is 9.59 Å². The number of piperazine rings is 1. The Bertz CT molecular complexity index is 1120. The van der Waals surface area contributed by atoms with Crippen LogP contribution in [0.5, 0.6) is 11.5 Å². The molecule has 0 aliphatic carbocycles. The van der Waals surface area contributed by atoms with E-state index in [1.54, 1.807) is 17.0 Å². The van der Waals surface area contributed by atoms with Gasteiger partial charge in [-0.1, -0.05) is 37.6 Å². The molecule has 1 atom stereocenters. The fourth-order valence-electron chi connectivity index (χ4n) is 3.76. The first kappa shape index (κ1) is 25.3. The number of halogens is 1. The van der Waals surface area contributed by atoms with Crippen LogP contribution in [-0.4, -0.2) is 57.2 Å². The summed E-state index contributed by atoms with van der Waals surface area (Å²) in [5.74, 6) is 0.831. The van der Waals surface area contributed by atoms with E-state index in [2.05, 4.69) is 16.1 Å². The van der Waals surface area contributed by atoms with Crippen molar-refractivity contribution in [3.05, 3.63) is 77.1 Å². The van der Waals surface area contributed by atoms with E-state index >= 15 is 0 Å². The lowest BCUT2D eigenvalue weighted by molar-refractivity contribution is 0.0963. The smallest absolute Gasteiger partial charge is 0.344 e. The van der Waals surface area contributed by atoms with Crippen molar-refractivity contribution in [1.82, 2.24) is 19.6 Å². The first-order chi connectivity index (χ1) is 16.4. The molecule has 1 aromatic heterocycles. The van der Waals surface area contributed by atoms with E-state index in [4.69, 9.17) is 22.1 Å². The third-order valence-electron chi connectivity index (χ3n) is 5.35. The molecule has 0 saturated carbocycles. The van der Waals surface area contributed by atoms with Crippen LogP contribution in [0.4, 0.5) is 4.79 Å². The summed E-state index contributed by atoms with van der Waals surface area (Å²) in [6, 6.07) is 16.4. The maximum Gasteiger partial charge on any atom is 0.344 e.